The Hall–Kier alpha value is -1.10. The summed E-state index contributed by atoms with van der Waals surface area (Å²) < 4.78 is 29.2. The van der Waals surface area contributed by atoms with Crippen molar-refractivity contribution in [2.75, 3.05) is 7.11 Å². The highest BCUT2D eigenvalue weighted by Crippen LogP contribution is 2.29. The van der Waals surface area contributed by atoms with Gasteiger partial charge in [-0.05, 0) is 25.0 Å². The van der Waals surface area contributed by atoms with Gasteiger partial charge in [-0.3, -0.25) is 0 Å². The normalized spacial score (nSPS) is 17.6. The van der Waals surface area contributed by atoms with E-state index in [1.807, 2.05) is 0 Å². The fourth-order valence-corrected chi connectivity index (χ4v) is 3.78. The van der Waals surface area contributed by atoms with E-state index in [-0.39, 0.29) is 10.3 Å². The second-order valence-corrected chi connectivity index (χ2v) is 6.16. The van der Waals surface area contributed by atoms with Crippen molar-refractivity contribution in [3.63, 3.8) is 0 Å². The highest BCUT2D eigenvalue weighted by atomic mass is 32.2. The first-order valence-electron chi connectivity index (χ1n) is 5.38. The molecule has 1 saturated carbocycles. The zero-order valence-corrected chi connectivity index (χ0v) is 10.0. The van der Waals surface area contributed by atoms with Crippen molar-refractivity contribution in [2.45, 2.75) is 36.0 Å². The van der Waals surface area contributed by atoms with Crippen molar-refractivity contribution in [1.29, 1.82) is 0 Å². The van der Waals surface area contributed by atoms with Gasteiger partial charge < -0.3 is 4.74 Å². The minimum atomic E-state index is -3.23. The van der Waals surface area contributed by atoms with Crippen LogP contribution in [0.25, 0.3) is 0 Å². The predicted octanol–water partition coefficient (Wildman–Crippen LogP) is 1.81. The van der Waals surface area contributed by atoms with Crippen LogP contribution >= 0.6 is 0 Å². The summed E-state index contributed by atoms with van der Waals surface area (Å²) in [5, 5.41) is -0.0754. The summed E-state index contributed by atoms with van der Waals surface area (Å²) in [6.07, 6.45) is 4.97. The van der Waals surface area contributed by atoms with E-state index in [0.29, 0.717) is 5.75 Å². The number of nitrogens with zero attached hydrogens (tertiary/aromatic N) is 1. The Labute approximate surface area is 95.6 Å². The van der Waals surface area contributed by atoms with E-state index in [0.717, 1.165) is 25.7 Å². The van der Waals surface area contributed by atoms with Crippen LogP contribution in [0.5, 0.6) is 5.75 Å². The molecule has 0 N–H and O–H groups in total. The van der Waals surface area contributed by atoms with Gasteiger partial charge in [-0.2, -0.15) is 0 Å². The standard InChI is InChI=1S/C11H15NO3S/c1-15-9-6-7-11(12-8-9)16(13,14)10-4-2-3-5-10/h6-8,10H,2-5H2,1H3. The highest BCUT2D eigenvalue weighted by molar-refractivity contribution is 7.92. The topological polar surface area (TPSA) is 56.3 Å². The average Bonchev–Trinajstić information content (AvgIpc) is 2.83. The lowest BCUT2D eigenvalue weighted by Gasteiger charge is -2.10. The van der Waals surface area contributed by atoms with Gasteiger partial charge in [0.2, 0.25) is 0 Å². The Morgan fingerprint density at radius 2 is 2.00 bits per heavy atom. The van der Waals surface area contributed by atoms with Crippen LogP contribution in [0, 0.1) is 0 Å². The lowest BCUT2D eigenvalue weighted by molar-refractivity contribution is 0.412. The third kappa shape index (κ3) is 2.04. The van der Waals surface area contributed by atoms with Gasteiger partial charge in [0.15, 0.2) is 14.9 Å². The van der Waals surface area contributed by atoms with Gasteiger partial charge in [-0.15, -0.1) is 0 Å². The Bertz CT molecular complexity index is 447. The molecule has 1 aromatic rings. The number of hydrogen-bond donors (Lipinski definition) is 0. The lowest BCUT2D eigenvalue weighted by Crippen LogP contribution is -2.18. The second kappa shape index (κ2) is 4.41. The van der Waals surface area contributed by atoms with Crippen LogP contribution in [0.4, 0.5) is 0 Å². The third-order valence-electron chi connectivity index (χ3n) is 2.98. The zero-order chi connectivity index (χ0) is 11.6. The maximum Gasteiger partial charge on any atom is 0.198 e. The number of rotatable bonds is 3. The van der Waals surface area contributed by atoms with Crippen LogP contribution in [-0.2, 0) is 9.84 Å². The van der Waals surface area contributed by atoms with E-state index in [9.17, 15) is 8.42 Å². The van der Waals surface area contributed by atoms with E-state index in [4.69, 9.17) is 4.74 Å². The van der Waals surface area contributed by atoms with Crippen LogP contribution in [0.15, 0.2) is 23.4 Å². The van der Waals surface area contributed by atoms with Gasteiger partial charge in [-0.25, -0.2) is 13.4 Å². The molecular formula is C11H15NO3S. The summed E-state index contributed by atoms with van der Waals surface area (Å²) in [6.45, 7) is 0. The maximum atomic E-state index is 12.1. The first-order chi connectivity index (χ1) is 7.64. The van der Waals surface area contributed by atoms with Crippen molar-refractivity contribution in [3.8, 4) is 5.75 Å². The SMILES string of the molecule is COc1ccc(S(=O)(=O)C2CCCC2)nc1. The Kier molecular flexibility index (Phi) is 3.14. The summed E-state index contributed by atoms with van der Waals surface area (Å²) in [5.41, 5.74) is 0. The Morgan fingerprint density at radius 1 is 1.31 bits per heavy atom. The molecular weight excluding hydrogens is 226 g/mol. The van der Waals surface area contributed by atoms with E-state index in [1.165, 1.54) is 19.4 Å². The molecule has 16 heavy (non-hydrogen) atoms. The number of pyridine rings is 1. The Morgan fingerprint density at radius 3 is 2.50 bits per heavy atom. The van der Waals surface area contributed by atoms with Crippen molar-refractivity contribution in [1.82, 2.24) is 4.98 Å². The van der Waals surface area contributed by atoms with E-state index < -0.39 is 9.84 Å². The van der Waals surface area contributed by atoms with Gasteiger partial charge in [0, 0.05) is 0 Å². The molecule has 88 valence electrons. The van der Waals surface area contributed by atoms with Gasteiger partial charge in [-0.1, -0.05) is 12.8 Å². The Balaban J connectivity index is 2.28. The van der Waals surface area contributed by atoms with Gasteiger partial charge in [0.25, 0.3) is 0 Å². The average molecular weight is 241 g/mol. The smallest absolute Gasteiger partial charge is 0.198 e. The van der Waals surface area contributed by atoms with Crippen LogP contribution in [0.1, 0.15) is 25.7 Å². The molecule has 1 aromatic heterocycles. The molecule has 0 unspecified atom stereocenters. The molecule has 1 heterocycles. The van der Waals surface area contributed by atoms with Crippen molar-refractivity contribution >= 4 is 9.84 Å². The number of sulfone groups is 1. The van der Waals surface area contributed by atoms with Crippen LogP contribution < -0.4 is 4.74 Å². The number of hydrogen-bond acceptors (Lipinski definition) is 4. The number of aromatic nitrogens is 1. The summed E-state index contributed by atoms with van der Waals surface area (Å²) in [6, 6.07) is 3.15. The van der Waals surface area contributed by atoms with Crippen LogP contribution in [0.3, 0.4) is 0 Å². The summed E-state index contributed by atoms with van der Waals surface area (Å²) in [7, 11) is -1.70. The molecule has 0 radical (unpaired) electrons. The minimum Gasteiger partial charge on any atom is -0.495 e. The summed E-state index contributed by atoms with van der Waals surface area (Å²) in [5.74, 6) is 0.574. The van der Waals surface area contributed by atoms with Crippen molar-refractivity contribution < 1.29 is 13.2 Å². The fraction of sp³-hybridized carbons (Fsp3) is 0.545. The second-order valence-electron chi connectivity index (χ2n) is 3.99. The van der Waals surface area contributed by atoms with Crippen molar-refractivity contribution in [3.05, 3.63) is 18.3 Å². The third-order valence-corrected chi connectivity index (χ3v) is 5.15. The highest BCUT2D eigenvalue weighted by Gasteiger charge is 2.31. The monoisotopic (exact) mass is 241 g/mol. The quantitative estimate of drug-likeness (QED) is 0.809. The molecule has 1 aliphatic carbocycles. The summed E-state index contributed by atoms with van der Waals surface area (Å²) in [4.78, 5) is 3.95. The summed E-state index contributed by atoms with van der Waals surface area (Å²) >= 11 is 0. The van der Waals surface area contributed by atoms with Gasteiger partial charge in [0.1, 0.15) is 5.75 Å². The largest absolute Gasteiger partial charge is 0.495 e. The van der Waals surface area contributed by atoms with E-state index in [2.05, 4.69) is 4.98 Å². The molecule has 0 aliphatic heterocycles. The molecule has 4 nitrogen and oxygen atoms in total. The van der Waals surface area contributed by atoms with Crippen LogP contribution in [-0.4, -0.2) is 25.8 Å². The molecule has 0 bridgehead atoms. The van der Waals surface area contributed by atoms with Gasteiger partial charge >= 0.3 is 0 Å². The minimum absolute atomic E-state index is 0.167. The molecule has 0 saturated heterocycles. The molecule has 0 aromatic carbocycles. The predicted molar refractivity (Wildman–Crippen MR) is 60.2 cm³/mol. The number of methoxy groups -OCH3 is 1. The van der Waals surface area contributed by atoms with Crippen molar-refractivity contribution in [2.24, 2.45) is 0 Å². The molecule has 5 heteroatoms. The maximum absolute atomic E-state index is 12.1. The molecule has 0 amide bonds. The fourth-order valence-electron chi connectivity index (χ4n) is 2.03. The number of ether oxygens (including phenoxy) is 1. The zero-order valence-electron chi connectivity index (χ0n) is 9.22. The van der Waals surface area contributed by atoms with Gasteiger partial charge in [0.05, 0.1) is 18.6 Å². The lowest BCUT2D eigenvalue weighted by atomic mass is 10.4. The first kappa shape index (κ1) is 11.4. The molecule has 1 aliphatic rings. The van der Waals surface area contributed by atoms with E-state index >= 15 is 0 Å². The first-order valence-corrected chi connectivity index (χ1v) is 6.93. The molecule has 1 fully saturated rings. The molecule has 2 rings (SSSR count). The van der Waals surface area contributed by atoms with Crippen LogP contribution in [0.2, 0.25) is 0 Å². The molecule has 0 spiro atoms. The molecule has 0 atom stereocenters. The van der Waals surface area contributed by atoms with E-state index in [1.54, 1.807) is 6.07 Å².